The molecule has 1 fully saturated rings. The molecule has 1 aromatic carbocycles. The molecule has 2 heterocycles. The topological polar surface area (TPSA) is 79.0 Å². The van der Waals surface area contributed by atoms with Gasteiger partial charge in [0.1, 0.15) is 0 Å². The van der Waals surface area contributed by atoms with E-state index in [0.29, 0.717) is 24.8 Å². The van der Waals surface area contributed by atoms with E-state index in [1.54, 1.807) is 19.2 Å². The van der Waals surface area contributed by atoms with Crippen LogP contribution in [0.2, 0.25) is 0 Å². The Kier molecular flexibility index (Phi) is 9.04. The predicted octanol–water partition coefficient (Wildman–Crippen LogP) is 3.03. The number of guanidine groups is 1. The van der Waals surface area contributed by atoms with Crippen molar-refractivity contribution in [2.45, 2.75) is 39.3 Å². The van der Waals surface area contributed by atoms with Crippen LogP contribution in [-0.4, -0.2) is 66.2 Å². The van der Waals surface area contributed by atoms with Crippen molar-refractivity contribution in [3.05, 3.63) is 41.3 Å². The Morgan fingerprint density at radius 1 is 1.26 bits per heavy atom. The summed E-state index contributed by atoms with van der Waals surface area (Å²) in [4.78, 5) is 13.3. The normalized spacial score (nSPS) is 15.5. The number of ether oxygens (including phenoxy) is 1. The Morgan fingerprint density at radius 3 is 2.52 bits per heavy atom. The summed E-state index contributed by atoms with van der Waals surface area (Å²) in [7, 11) is 3.24. The van der Waals surface area contributed by atoms with Crippen LogP contribution < -0.4 is 10.1 Å². The maximum Gasteiger partial charge on any atom is 0.232 e. The lowest BCUT2D eigenvalue weighted by Crippen LogP contribution is -2.52. The molecule has 0 radical (unpaired) electrons. The van der Waals surface area contributed by atoms with Gasteiger partial charge in [-0.05, 0) is 17.7 Å². The third kappa shape index (κ3) is 6.76. The second-order valence-corrected chi connectivity index (χ2v) is 8.40. The van der Waals surface area contributed by atoms with Gasteiger partial charge in [-0.1, -0.05) is 32.0 Å². The molecular weight excluding hydrogens is 514 g/mol. The molecule has 1 aromatic heterocycles. The fraction of sp³-hybridized carbons (Fsp3) is 0.571. The van der Waals surface area contributed by atoms with Gasteiger partial charge in [0, 0.05) is 45.2 Å². The third-order valence-electron chi connectivity index (χ3n) is 5.02. The van der Waals surface area contributed by atoms with Crippen LogP contribution >= 0.6 is 24.0 Å². The highest BCUT2D eigenvalue weighted by Gasteiger charge is 2.23. The van der Waals surface area contributed by atoms with E-state index in [4.69, 9.17) is 9.26 Å². The Labute approximate surface area is 200 Å². The number of piperazine rings is 1. The van der Waals surface area contributed by atoms with Crippen molar-refractivity contribution in [2.24, 2.45) is 4.99 Å². The maximum absolute atomic E-state index is 13.9. The van der Waals surface area contributed by atoms with E-state index in [9.17, 15) is 4.39 Å². The van der Waals surface area contributed by atoms with Gasteiger partial charge in [-0.3, -0.25) is 9.89 Å². The maximum atomic E-state index is 13.9. The second kappa shape index (κ2) is 11.1. The summed E-state index contributed by atoms with van der Waals surface area (Å²) in [5.41, 5.74) is 0.770. The SMILES string of the molecule is CN=C(NCc1noc(C(C)(C)C)n1)N1CCN(Cc2ccc(OC)c(F)c2)CC1.I. The van der Waals surface area contributed by atoms with Crippen molar-refractivity contribution >= 4 is 29.9 Å². The van der Waals surface area contributed by atoms with Gasteiger partial charge >= 0.3 is 0 Å². The summed E-state index contributed by atoms with van der Waals surface area (Å²) in [5.74, 6) is 2.00. The number of rotatable bonds is 5. The first-order chi connectivity index (χ1) is 14.3. The molecular formula is C21H32FIN6O2. The molecule has 0 spiro atoms. The highest BCUT2D eigenvalue weighted by atomic mass is 127. The molecule has 0 aliphatic carbocycles. The Balaban J connectivity index is 0.00000341. The molecule has 0 atom stereocenters. The lowest BCUT2D eigenvalue weighted by Gasteiger charge is -2.36. The predicted molar refractivity (Wildman–Crippen MR) is 128 cm³/mol. The summed E-state index contributed by atoms with van der Waals surface area (Å²) in [6.07, 6.45) is 0. The van der Waals surface area contributed by atoms with Crippen molar-refractivity contribution in [2.75, 3.05) is 40.3 Å². The number of benzene rings is 1. The van der Waals surface area contributed by atoms with Gasteiger partial charge in [0.15, 0.2) is 23.4 Å². The molecule has 1 aliphatic heterocycles. The Hall–Kier alpha value is -1.95. The smallest absolute Gasteiger partial charge is 0.232 e. The van der Waals surface area contributed by atoms with Gasteiger partial charge in [-0.15, -0.1) is 24.0 Å². The quantitative estimate of drug-likeness (QED) is 0.351. The van der Waals surface area contributed by atoms with Gasteiger partial charge in [-0.25, -0.2) is 4.39 Å². The van der Waals surface area contributed by atoms with Crippen LogP contribution in [0, 0.1) is 5.82 Å². The van der Waals surface area contributed by atoms with Crippen LogP contribution in [0.5, 0.6) is 5.75 Å². The van der Waals surface area contributed by atoms with Crippen LogP contribution in [0.1, 0.15) is 38.0 Å². The highest BCUT2D eigenvalue weighted by molar-refractivity contribution is 14.0. The molecule has 31 heavy (non-hydrogen) atoms. The molecule has 0 saturated carbocycles. The summed E-state index contributed by atoms with van der Waals surface area (Å²) >= 11 is 0. The van der Waals surface area contributed by atoms with Gasteiger partial charge in [-0.2, -0.15) is 4.98 Å². The summed E-state index contributed by atoms with van der Waals surface area (Å²) in [6, 6.07) is 5.13. The van der Waals surface area contributed by atoms with E-state index < -0.39 is 0 Å². The first-order valence-corrected chi connectivity index (χ1v) is 10.1. The minimum atomic E-state index is -0.325. The van der Waals surface area contributed by atoms with Crippen molar-refractivity contribution in [3.8, 4) is 5.75 Å². The zero-order chi connectivity index (χ0) is 21.7. The van der Waals surface area contributed by atoms with Crippen LogP contribution in [0.15, 0.2) is 27.7 Å². The number of hydrogen-bond donors (Lipinski definition) is 1. The molecule has 3 rings (SSSR count). The molecule has 0 bridgehead atoms. The number of nitrogens with one attached hydrogen (secondary N) is 1. The van der Waals surface area contributed by atoms with Gasteiger partial charge < -0.3 is 19.5 Å². The Morgan fingerprint density at radius 2 is 1.97 bits per heavy atom. The summed E-state index contributed by atoms with van der Waals surface area (Å²) in [6.45, 7) is 10.7. The molecule has 2 aromatic rings. The first kappa shape index (κ1) is 25.3. The molecule has 1 N–H and O–H groups in total. The second-order valence-electron chi connectivity index (χ2n) is 8.40. The summed E-state index contributed by atoms with van der Waals surface area (Å²) in [5, 5.41) is 7.36. The average molecular weight is 546 g/mol. The third-order valence-corrected chi connectivity index (χ3v) is 5.02. The van der Waals surface area contributed by atoms with E-state index in [1.807, 2.05) is 26.8 Å². The molecule has 8 nitrogen and oxygen atoms in total. The van der Waals surface area contributed by atoms with Crippen molar-refractivity contribution in [1.82, 2.24) is 25.3 Å². The summed E-state index contributed by atoms with van der Waals surface area (Å²) < 4.78 is 24.2. The van der Waals surface area contributed by atoms with Crippen LogP contribution in [0.4, 0.5) is 4.39 Å². The lowest BCUT2D eigenvalue weighted by molar-refractivity contribution is 0.172. The fourth-order valence-corrected chi connectivity index (χ4v) is 3.31. The molecule has 10 heteroatoms. The Bertz CT molecular complexity index is 875. The zero-order valence-corrected chi connectivity index (χ0v) is 21.1. The number of hydrogen-bond acceptors (Lipinski definition) is 6. The van der Waals surface area contributed by atoms with E-state index in [1.165, 1.54) is 7.11 Å². The zero-order valence-electron chi connectivity index (χ0n) is 18.8. The lowest BCUT2D eigenvalue weighted by atomic mass is 9.97. The van der Waals surface area contributed by atoms with Crippen molar-refractivity contribution in [1.29, 1.82) is 0 Å². The van der Waals surface area contributed by atoms with Crippen LogP contribution in [0.25, 0.3) is 0 Å². The average Bonchev–Trinajstić information content (AvgIpc) is 3.19. The van der Waals surface area contributed by atoms with Gasteiger partial charge in [0.25, 0.3) is 0 Å². The number of halogens is 2. The standard InChI is InChI=1S/C21H31FN6O2.HI/c1-21(2,3)19-25-18(26-30-19)13-24-20(23-4)28-10-8-27(9-11-28)14-15-6-7-17(29-5)16(22)12-15;/h6-7,12H,8-11,13-14H2,1-5H3,(H,23,24);1H. The monoisotopic (exact) mass is 546 g/mol. The fourth-order valence-electron chi connectivity index (χ4n) is 3.31. The van der Waals surface area contributed by atoms with Crippen LogP contribution in [-0.2, 0) is 18.5 Å². The molecule has 1 aliphatic rings. The van der Waals surface area contributed by atoms with E-state index in [2.05, 4.69) is 30.2 Å². The largest absolute Gasteiger partial charge is 0.494 e. The molecule has 172 valence electrons. The molecule has 0 amide bonds. The van der Waals surface area contributed by atoms with Gasteiger partial charge in [0.2, 0.25) is 5.89 Å². The molecule has 1 saturated heterocycles. The number of aliphatic imine (C=N–C) groups is 1. The molecule has 0 unspecified atom stereocenters. The van der Waals surface area contributed by atoms with Crippen LogP contribution in [0.3, 0.4) is 0 Å². The highest BCUT2D eigenvalue weighted by Crippen LogP contribution is 2.20. The minimum absolute atomic E-state index is 0. The van der Waals surface area contributed by atoms with E-state index in [0.717, 1.165) is 37.7 Å². The number of nitrogens with zero attached hydrogens (tertiary/aromatic N) is 5. The number of aromatic nitrogens is 2. The minimum Gasteiger partial charge on any atom is -0.494 e. The van der Waals surface area contributed by atoms with E-state index in [-0.39, 0.29) is 41.0 Å². The van der Waals surface area contributed by atoms with Crippen molar-refractivity contribution < 1.29 is 13.7 Å². The first-order valence-electron chi connectivity index (χ1n) is 10.1. The van der Waals surface area contributed by atoms with E-state index >= 15 is 0 Å². The number of methoxy groups -OCH3 is 1. The van der Waals surface area contributed by atoms with Crippen molar-refractivity contribution in [3.63, 3.8) is 0 Å². The van der Waals surface area contributed by atoms with Gasteiger partial charge in [0.05, 0.1) is 13.7 Å².